The molecule has 0 saturated carbocycles. The summed E-state index contributed by atoms with van der Waals surface area (Å²) in [7, 11) is 1.90. The third-order valence-corrected chi connectivity index (χ3v) is 3.42. The molecular weight excluding hydrogens is 246 g/mol. The Hall–Kier alpha value is -1.87. The van der Waals surface area contributed by atoms with Crippen LogP contribution < -0.4 is 5.32 Å². The lowest BCUT2D eigenvalue weighted by atomic mass is 10.1. The number of pyridine rings is 1. The van der Waals surface area contributed by atoms with Crippen LogP contribution in [0.25, 0.3) is 0 Å². The summed E-state index contributed by atoms with van der Waals surface area (Å²) in [5.41, 5.74) is 2.64. The summed E-state index contributed by atoms with van der Waals surface area (Å²) in [4.78, 5) is 6.73. The summed E-state index contributed by atoms with van der Waals surface area (Å²) >= 11 is 0. The van der Waals surface area contributed by atoms with E-state index < -0.39 is 0 Å². The molecule has 1 aromatic carbocycles. The normalized spacial score (nSPS) is 11.1. The molecule has 0 fully saturated rings. The number of aromatic nitrogens is 1. The van der Waals surface area contributed by atoms with Crippen molar-refractivity contribution in [3.63, 3.8) is 0 Å². The van der Waals surface area contributed by atoms with E-state index in [1.165, 1.54) is 11.1 Å². The second-order valence-electron chi connectivity index (χ2n) is 5.28. The first-order valence-corrected chi connectivity index (χ1v) is 7.09. The smallest absolute Gasteiger partial charge is 0.125 e. The third kappa shape index (κ3) is 4.07. The molecule has 0 spiro atoms. The molecule has 0 amide bonds. The summed E-state index contributed by atoms with van der Waals surface area (Å²) in [5.74, 6) is 0.922. The monoisotopic (exact) mass is 269 g/mol. The van der Waals surface area contributed by atoms with Crippen molar-refractivity contribution >= 4 is 5.82 Å². The molecule has 2 rings (SSSR count). The van der Waals surface area contributed by atoms with Crippen molar-refractivity contribution in [3.05, 3.63) is 59.8 Å². The molecule has 0 unspecified atom stereocenters. The second kappa shape index (κ2) is 7.06. The molecule has 1 heterocycles. The Morgan fingerprint density at radius 3 is 2.40 bits per heavy atom. The first-order chi connectivity index (χ1) is 9.69. The van der Waals surface area contributed by atoms with Crippen LogP contribution in [0.1, 0.15) is 25.0 Å². The van der Waals surface area contributed by atoms with Gasteiger partial charge in [0.1, 0.15) is 5.82 Å². The Labute approximate surface area is 121 Å². The van der Waals surface area contributed by atoms with Gasteiger partial charge in [-0.15, -0.1) is 0 Å². The highest BCUT2D eigenvalue weighted by Gasteiger charge is 2.11. The zero-order valence-corrected chi connectivity index (χ0v) is 12.5. The Bertz CT molecular complexity index is 523. The van der Waals surface area contributed by atoms with Crippen LogP contribution in [0.15, 0.2) is 48.7 Å². The topological polar surface area (TPSA) is 28.2 Å². The Balaban J connectivity index is 2.09. The maximum absolute atomic E-state index is 4.26. The van der Waals surface area contributed by atoms with Crippen molar-refractivity contribution in [1.82, 2.24) is 9.88 Å². The molecule has 0 bridgehead atoms. The maximum Gasteiger partial charge on any atom is 0.125 e. The third-order valence-electron chi connectivity index (χ3n) is 3.42. The Kier molecular flexibility index (Phi) is 5.13. The molecule has 2 aromatic rings. The highest BCUT2D eigenvalue weighted by molar-refractivity contribution is 5.36. The minimum atomic E-state index is 0.501. The van der Waals surface area contributed by atoms with Gasteiger partial charge in [0.05, 0.1) is 0 Å². The fourth-order valence-corrected chi connectivity index (χ4v) is 2.18. The van der Waals surface area contributed by atoms with Gasteiger partial charge in [-0.3, -0.25) is 4.90 Å². The molecule has 3 heteroatoms. The van der Waals surface area contributed by atoms with Gasteiger partial charge < -0.3 is 5.32 Å². The molecule has 0 radical (unpaired) electrons. The summed E-state index contributed by atoms with van der Waals surface area (Å²) in [5, 5.41) is 3.09. The number of anilines is 1. The molecule has 20 heavy (non-hydrogen) atoms. The number of nitrogens with one attached hydrogen (secondary N) is 1. The van der Waals surface area contributed by atoms with Gasteiger partial charge in [0.15, 0.2) is 0 Å². The number of benzene rings is 1. The standard InChI is InChI=1S/C17H23N3/c1-14(2)20(12-15-7-5-4-6-8-15)13-16-9-10-19-17(11-16)18-3/h4-11,14H,12-13H2,1-3H3,(H,18,19). The van der Waals surface area contributed by atoms with Gasteiger partial charge in [-0.1, -0.05) is 30.3 Å². The van der Waals surface area contributed by atoms with Crippen LogP contribution in [-0.4, -0.2) is 23.0 Å². The van der Waals surface area contributed by atoms with Crippen LogP contribution in [0.3, 0.4) is 0 Å². The van der Waals surface area contributed by atoms with E-state index in [1.54, 1.807) is 0 Å². The van der Waals surface area contributed by atoms with Crippen LogP contribution in [-0.2, 0) is 13.1 Å². The molecule has 1 N–H and O–H groups in total. The molecule has 0 atom stereocenters. The summed E-state index contributed by atoms with van der Waals surface area (Å²) in [6.45, 7) is 6.38. The predicted molar refractivity (Wildman–Crippen MR) is 84.6 cm³/mol. The second-order valence-corrected chi connectivity index (χ2v) is 5.28. The van der Waals surface area contributed by atoms with Gasteiger partial charge in [0.2, 0.25) is 0 Å². The molecule has 1 aromatic heterocycles. The molecule has 106 valence electrons. The molecule has 0 saturated heterocycles. The van der Waals surface area contributed by atoms with Crippen molar-refractivity contribution in [2.24, 2.45) is 0 Å². The minimum absolute atomic E-state index is 0.501. The zero-order chi connectivity index (χ0) is 14.4. The lowest BCUT2D eigenvalue weighted by molar-refractivity contribution is 0.203. The number of hydrogen-bond acceptors (Lipinski definition) is 3. The van der Waals surface area contributed by atoms with E-state index in [4.69, 9.17) is 0 Å². The summed E-state index contributed by atoms with van der Waals surface area (Å²) < 4.78 is 0. The average molecular weight is 269 g/mol. The van der Waals surface area contributed by atoms with E-state index in [0.29, 0.717) is 6.04 Å². The summed E-state index contributed by atoms with van der Waals surface area (Å²) in [6.07, 6.45) is 1.86. The maximum atomic E-state index is 4.26. The van der Waals surface area contributed by atoms with Crippen LogP contribution in [0.5, 0.6) is 0 Å². The van der Waals surface area contributed by atoms with Gasteiger partial charge in [-0.2, -0.15) is 0 Å². The molecule has 3 nitrogen and oxygen atoms in total. The highest BCUT2D eigenvalue weighted by Crippen LogP contribution is 2.14. The van der Waals surface area contributed by atoms with E-state index >= 15 is 0 Å². The van der Waals surface area contributed by atoms with Crippen LogP contribution in [0, 0.1) is 0 Å². The van der Waals surface area contributed by atoms with E-state index in [-0.39, 0.29) is 0 Å². The van der Waals surface area contributed by atoms with Crippen molar-refractivity contribution in [1.29, 1.82) is 0 Å². The van der Waals surface area contributed by atoms with Gasteiger partial charge in [-0.05, 0) is 37.1 Å². The van der Waals surface area contributed by atoms with Crippen molar-refractivity contribution in [3.8, 4) is 0 Å². The lowest BCUT2D eigenvalue weighted by Crippen LogP contribution is -2.29. The molecule has 0 aliphatic heterocycles. The van der Waals surface area contributed by atoms with Crippen molar-refractivity contribution < 1.29 is 0 Å². The number of hydrogen-bond donors (Lipinski definition) is 1. The predicted octanol–water partition coefficient (Wildman–Crippen LogP) is 3.53. The summed E-state index contributed by atoms with van der Waals surface area (Å²) in [6, 6.07) is 15.3. The Morgan fingerprint density at radius 1 is 1.05 bits per heavy atom. The van der Waals surface area contributed by atoms with Gasteiger partial charge in [0.25, 0.3) is 0 Å². The van der Waals surface area contributed by atoms with Crippen LogP contribution in [0.2, 0.25) is 0 Å². The zero-order valence-electron chi connectivity index (χ0n) is 12.5. The van der Waals surface area contributed by atoms with Gasteiger partial charge in [0, 0.05) is 32.4 Å². The molecule has 0 aliphatic carbocycles. The SMILES string of the molecule is CNc1cc(CN(Cc2ccccc2)C(C)C)ccn1. The largest absolute Gasteiger partial charge is 0.373 e. The van der Waals surface area contributed by atoms with Gasteiger partial charge in [-0.25, -0.2) is 4.98 Å². The van der Waals surface area contributed by atoms with Crippen LogP contribution in [0.4, 0.5) is 5.82 Å². The fraction of sp³-hybridized carbons (Fsp3) is 0.353. The average Bonchev–Trinajstić information content (AvgIpc) is 2.48. The number of rotatable bonds is 6. The van der Waals surface area contributed by atoms with Gasteiger partial charge >= 0.3 is 0 Å². The van der Waals surface area contributed by atoms with E-state index in [1.807, 2.05) is 13.2 Å². The fourth-order valence-electron chi connectivity index (χ4n) is 2.18. The minimum Gasteiger partial charge on any atom is -0.373 e. The van der Waals surface area contributed by atoms with Crippen molar-refractivity contribution in [2.75, 3.05) is 12.4 Å². The van der Waals surface area contributed by atoms with E-state index in [0.717, 1.165) is 18.9 Å². The highest BCUT2D eigenvalue weighted by atomic mass is 15.1. The molecule has 0 aliphatic rings. The quantitative estimate of drug-likeness (QED) is 0.869. The lowest BCUT2D eigenvalue weighted by Gasteiger charge is -2.26. The molecular formula is C17H23N3. The first-order valence-electron chi connectivity index (χ1n) is 7.09. The van der Waals surface area contributed by atoms with E-state index in [9.17, 15) is 0 Å². The van der Waals surface area contributed by atoms with Crippen LogP contribution >= 0.6 is 0 Å². The number of nitrogens with zero attached hydrogens (tertiary/aromatic N) is 2. The van der Waals surface area contributed by atoms with E-state index in [2.05, 4.69) is 71.5 Å². The Morgan fingerprint density at radius 2 is 1.75 bits per heavy atom. The first kappa shape index (κ1) is 14.5. The van der Waals surface area contributed by atoms with Crippen molar-refractivity contribution in [2.45, 2.75) is 33.0 Å².